The molecule has 1 amide bonds. The van der Waals surface area contributed by atoms with E-state index in [4.69, 9.17) is 16.3 Å². The number of hydrogen-bond donors (Lipinski definition) is 1. The summed E-state index contributed by atoms with van der Waals surface area (Å²) in [5, 5.41) is 3.98. The first-order chi connectivity index (χ1) is 16.7. The second-order valence-electron chi connectivity index (χ2n) is 7.55. The molecule has 0 aliphatic rings. The lowest BCUT2D eigenvalue weighted by Gasteiger charge is -2.22. The quantitative estimate of drug-likeness (QED) is 0.316. The van der Waals surface area contributed by atoms with Gasteiger partial charge < -0.3 is 4.74 Å². The van der Waals surface area contributed by atoms with Gasteiger partial charge in [0.25, 0.3) is 5.91 Å². The van der Waals surface area contributed by atoms with Gasteiger partial charge in [0.2, 0.25) is 10.0 Å². The number of sulfonamides is 1. The summed E-state index contributed by atoms with van der Waals surface area (Å²) >= 11 is 6.12. The highest BCUT2D eigenvalue weighted by Gasteiger charge is 2.28. The Morgan fingerprint density at radius 2 is 1.83 bits per heavy atom. The molecule has 0 aliphatic carbocycles. The molecule has 0 unspecified atom stereocenters. The Morgan fingerprint density at radius 3 is 2.51 bits per heavy atom. The fraction of sp³-hybridized carbons (Fsp3) is 0.200. The predicted molar refractivity (Wildman–Crippen MR) is 134 cm³/mol. The van der Waals surface area contributed by atoms with Crippen molar-refractivity contribution in [3.63, 3.8) is 0 Å². The van der Waals surface area contributed by atoms with Gasteiger partial charge in [-0.05, 0) is 50.2 Å². The molecule has 0 bridgehead atoms. The van der Waals surface area contributed by atoms with Crippen molar-refractivity contribution in [2.45, 2.75) is 25.3 Å². The van der Waals surface area contributed by atoms with E-state index in [2.05, 4.69) is 10.5 Å². The van der Waals surface area contributed by atoms with Crippen LogP contribution in [-0.2, 0) is 21.4 Å². The van der Waals surface area contributed by atoms with Crippen LogP contribution in [0.1, 0.15) is 23.6 Å². The van der Waals surface area contributed by atoms with E-state index in [-0.39, 0.29) is 15.5 Å². The van der Waals surface area contributed by atoms with Crippen molar-refractivity contribution >= 4 is 33.7 Å². The molecule has 3 rings (SSSR count). The summed E-state index contributed by atoms with van der Waals surface area (Å²) < 4.78 is 47.5. The van der Waals surface area contributed by atoms with E-state index < -0.39 is 34.8 Å². The second kappa shape index (κ2) is 11.9. The van der Waals surface area contributed by atoms with Gasteiger partial charge in [-0.15, -0.1) is 0 Å². The first-order valence-electron chi connectivity index (χ1n) is 10.8. The number of nitrogens with zero attached hydrogens (tertiary/aromatic N) is 2. The Balaban J connectivity index is 1.84. The van der Waals surface area contributed by atoms with E-state index >= 15 is 0 Å². The van der Waals surface area contributed by atoms with Crippen molar-refractivity contribution < 1.29 is 22.3 Å². The molecule has 3 aromatic carbocycles. The molecule has 0 radical (unpaired) electrons. The number of para-hydroxylation sites is 1. The van der Waals surface area contributed by atoms with Gasteiger partial charge >= 0.3 is 0 Å². The molecular formula is C25H25ClFN3O4S. The molecule has 0 saturated heterocycles. The Bertz CT molecular complexity index is 1290. The third-order valence-corrected chi connectivity index (χ3v) is 7.15. The third-order valence-electron chi connectivity index (χ3n) is 4.99. The number of amides is 1. The van der Waals surface area contributed by atoms with Gasteiger partial charge in [0.15, 0.2) is 0 Å². The van der Waals surface area contributed by atoms with Crippen LogP contribution in [0.5, 0.6) is 5.75 Å². The van der Waals surface area contributed by atoms with Crippen LogP contribution in [0.25, 0.3) is 0 Å². The van der Waals surface area contributed by atoms with Crippen molar-refractivity contribution in [2.24, 2.45) is 5.10 Å². The molecule has 0 aliphatic heterocycles. The molecule has 10 heteroatoms. The Hall–Kier alpha value is -3.27. The van der Waals surface area contributed by atoms with Crippen LogP contribution in [0.2, 0.25) is 5.02 Å². The molecule has 1 N–H and O–H groups in total. The van der Waals surface area contributed by atoms with E-state index in [1.807, 2.05) is 19.9 Å². The van der Waals surface area contributed by atoms with E-state index in [1.165, 1.54) is 36.5 Å². The first-order valence-corrected chi connectivity index (χ1v) is 12.6. The number of carbonyl (C=O) groups is 1. The fourth-order valence-corrected chi connectivity index (χ4v) is 4.78. The van der Waals surface area contributed by atoms with Gasteiger partial charge in [-0.3, -0.25) is 4.79 Å². The number of benzene rings is 3. The van der Waals surface area contributed by atoms with Crippen LogP contribution in [0, 0.1) is 12.7 Å². The second-order valence-corrected chi connectivity index (χ2v) is 9.90. The summed E-state index contributed by atoms with van der Waals surface area (Å²) in [6.07, 6.45) is 1.40. The summed E-state index contributed by atoms with van der Waals surface area (Å²) in [4.78, 5) is 12.6. The van der Waals surface area contributed by atoms with Crippen molar-refractivity contribution in [1.82, 2.24) is 9.73 Å². The minimum atomic E-state index is -4.16. The monoisotopic (exact) mass is 517 g/mol. The topological polar surface area (TPSA) is 88.1 Å². The summed E-state index contributed by atoms with van der Waals surface area (Å²) in [5.74, 6) is -0.795. The van der Waals surface area contributed by atoms with E-state index in [9.17, 15) is 17.6 Å². The minimum Gasteiger partial charge on any atom is -0.493 e. The van der Waals surface area contributed by atoms with Gasteiger partial charge in [-0.2, -0.15) is 9.41 Å². The number of halogens is 2. The van der Waals surface area contributed by atoms with Crippen LogP contribution in [0.3, 0.4) is 0 Å². The zero-order valence-electron chi connectivity index (χ0n) is 19.2. The van der Waals surface area contributed by atoms with Crippen LogP contribution < -0.4 is 10.2 Å². The van der Waals surface area contributed by atoms with Crippen molar-refractivity contribution in [3.05, 3.63) is 94.3 Å². The maximum Gasteiger partial charge on any atom is 0.255 e. The normalized spacial score (nSPS) is 11.7. The Morgan fingerprint density at radius 1 is 1.11 bits per heavy atom. The van der Waals surface area contributed by atoms with E-state index in [0.717, 1.165) is 9.87 Å². The van der Waals surface area contributed by atoms with Gasteiger partial charge in [-0.1, -0.05) is 47.5 Å². The summed E-state index contributed by atoms with van der Waals surface area (Å²) in [5.41, 5.74) is 3.79. The zero-order valence-corrected chi connectivity index (χ0v) is 20.8. The van der Waals surface area contributed by atoms with Gasteiger partial charge in [0.05, 0.1) is 24.3 Å². The highest BCUT2D eigenvalue weighted by atomic mass is 35.5. The molecular weight excluding hydrogens is 493 g/mol. The number of hydrogen-bond acceptors (Lipinski definition) is 5. The molecule has 3 aromatic rings. The average molecular weight is 518 g/mol. The van der Waals surface area contributed by atoms with Gasteiger partial charge in [0, 0.05) is 22.7 Å². The molecule has 0 fully saturated rings. The third kappa shape index (κ3) is 6.88. The summed E-state index contributed by atoms with van der Waals surface area (Å²) in [6.45, 7) is 3.09. The van der Waals surface area contributed by atoms with Gasteiger partial charge in [-0.25, -0.2) is 18.2 Å². The number of carbonyl (C=O) groups excluding carboxylic acids is 1. The van der Waals surface area contributed by atoms with Gasteiger partial charge in [0.1, 0.15) is 11.6 Å². The van der Waals surface area contributed by atoms with E-state index in [0.29, 0.717) is 17.9 Å². The predicted octanol–water partition coefficient (Wildman–Crippen LogP) is 4.53. The molecule has 0 aromatic heterocycles. The number of ether oxygens (including phenoxy) is 1. The lowest BCUT2D eigenvalue weighted by atomic mass is 10.2. The average Bonchev–Trinajstić information content (AvgIpc) is 2.82. The van der Waals surface area contributed by atoms with Crippen LogP contribution in [0.15, 0.2) is 76.7 Å². The maximum absolute atomic E-state index is 14.4. The zero-order chi connectivity index (χ0) is 25.4. The lowest BCUT2D eigenvalue weighted by Crippen LogP contribution is -2.39. The highest BCUT2D eigenvalue weighted by molar-refractivity contribution is 7.89. The largest absolute Gasteiger partial charge is 0.493 e. The standard InChI is InChI=1S/C25H25ClFN3O4S/c1-3-34-24-10-5-4-7-19(24)15-28-29-25(31)17-30(16-21-22(26)8-6-9-23(21)27)35(32,33)20-13-11-18(2)12-14-20/h4-15H,3,16-17H2,1-2H3,(H,29,31)/b28-15-. The smallest absolute Gasteiger partial charge is 0.255 e. The van der Waals surface area contributed by atoms with Crippen LogP contribution in [-0.4, -0.2) is 38.0 Å². The molecule has 0 atom stereocenters. The Kier molecular flexibility index (Phi) is 8.97. The van der Waals surface area contributed by atoms with Crippen LogP contribution in [0.4, 0.5) is 4.39 Å². The first kappa shape index (κ1) is 26.3. The number of rotatable bonds is 10. The molecule has 184 valence electrons. The number of aryl methyl sites for hydroxylation is 1. The molecule has 0 heterocycles. The summed E-state index contributed by atoms with van der Waals surface area (Å²) in [6, 6.07) is 17.3. The molecule has 7 nitrogen and oxygen atoms in total. The fourth-order valence-electron chi connectivity index (χ4n) is 3.19. The number of hydrazone groups is 1. The summed E-state index contributed by atoms with van der Waals surface area (Å²) in [7, 11) is -4.16. The lowest BCUT2D eigenvalue weighted by molar-refractivity contribution is -0.121. The molecule has 0 spiro atoms. The van der Waals surface area contributed by atoms with E-state index in [1.54, 1.807) is 30.3 Å². The SMILES string of the molecule is CCOc1ccccc1/C=N\NC(=O)CN(Cc1c(F)cccc1Cl)S(=O)(=O)c1ccc(C)cc1. The van der Waals surface area contributed by atoms with Crippen molar-refractivity contribution in [1.29, 1.82) is 0 Å². The maximum atomic E-state index is 14.4. The Labute approximate surface area is 209 Å². The van der Waals surface area contributed by atoms with Crippen molar-refractivity contribution in [2.75, 3.05) is 13.2 Å². The molecule has 35 heavy (non-hydrogen) atoms. The molecule has 0 saturated carbocycles. The van der Waals surface area contributed by atoms with Crippen LogP contribution >= 0.6 is 11.6 Å². The number of nitrogens with one attached hydrogen (secondary N) is 1. The highest BCUT2D eigenvalue weighted by Crippen LogP contribution is 2.25. The minimum absolute atomic E-state index is 0.0301. The van der Waals surface area contributed by atoms with Crippen molar-refractivity contribution in [3.8, 4) is 5.75 Å².